The zero-order chi connectivity index (χ0) is 18.2. The van der Waals surface area contributed by atoms with Crippen molar-refractivity contribution in [3.8, 4) is 5.88 Å². The molecule has 1 aromatic carbocycles. The molecule has 0 unspecified atom stereocenters. The maximum atomic E-state index is 12.0. The average Bonchev–Trinajstić information content (AvgIpc) is 3.19. The number of urea groups is 1. The standard InChI is InChI=1S/C19H21N5O2/c1-26-18-17(4-2-9-20-18)13-22-19(25)21-12-15-5-7-16(8-6-15)14-24-11-3-10-23-24/h2-11H,12-14H2,1H3,(H2,21,22,25). The van der Waals surface area contributed by atoms with Gasteiger partial charge >= 0.3 is 6.03 Å². The Bertz CT molecular complexity index is 831. The number of hydrogen-bond donors (Lipinski definition) is 2. The number of ether oxygens (including phenoxy) is 1. The molecule has 0 radical (unpaired) electrons. The lowest BCUT2D eigenvalue weighted by Gasteiger charge is -2.10. The Kier molecular flexibility index (Phi) is 5.82. The highest BCUT2D eigenvalue weighted by Crippen LogP contribution is 2.12. The number of pyridine rings is 1. The molecule has 0 bridgehead atoms. The highest BCUT2D eigenvalue weighted by atomic mass is 16.5. The number of carbonyl (C=O) groups is 1. The van der Waals surface area contributed by atoms with Crippen LogP contribution in [-0.4, -0.2) is 27.9 Å². The van der Waals surface area contributed by atoms with Gasteiger partial charge in [-0.25, -0.2) is 9.78 Å². The predicted octanol–water partition coefficient (Wildman–Crippen LogP) is 2.33. The smallest absolute Gasteiger partial charge is 0.315 e. The molecule has 0 aliphatic rings. The van der Waals surface area contributed by atoms with Crippen molar-refractivity contribution in [3.63, 3.8) is 0 Å². The molecular weight excluding hydrogens is 330 g/mol. The number of nitrogens with one attached hydrogen (secondary N) is 2. The van der Waals surface area contributed by atoms with Gasteiger partial charge in [-0.2, -0.15) is 5.10 Å². The van der Waals surface area contributed by atoms with Gasteiger partial charge in [0.05, 0.1) is 13.7 Å². The van der Waals surface area contributed by atoms with Crippen molar-refractivity contribution in [2.24, 2.45) is 0 Å². The molecule has 2 heterocycles. The van der Waals surface area contributed by atoms with Crippen LogP contribution in [0.2, 0.25) is 0 Å². The topological polar surface area (TPSA) is 81.1 Å². The number of amides is 2. The first-order chi connectivity index (χ1) is 12.7. The Morgan fingerprint density at radius 2 is 1.81 bits per heavy atom. The molecule has 0 aliphatic heterocycles. The summed E-state index contributed by atoms with van der Waals surface area (Å²) in [7, 11) is 1.56. The van der Waals surface area contributed by atoms with Gasteiger partial charge in [0, 0.05) is 37.2 Å². The summed E-state index contributed by atoms with van der Waals surface area (Å²) in [6.45, 7) is 1.54. The summed E-state index contributed by atoms with van der Waals surface area (Å²) >= 11 is 0. The summed E-state index contributed by atoms with van der Waals surface area (Å²) in [5, 5.41) is 9.84. The second-order valence-electron chi connectivity index (χ2n) is 5.73. The van der Waals surface area contributed by atoms with E-state index in [1.54, 1.807) is 19.5 Å². The van der Waals surface area contributed by atoms with Gasteiger partial charge in [0.15, 0.2) is 0 Å². The van der Waals surface area contributed by atoms with Crippen molar-refractivity contribution >= 4 is 6.03 Å². The second kappa shape index (κ2) is 8.66. The summed E-state index contributed by atoms with van der Waals surface area (Å²) in [6, 6.07) is 13.4. The Hall–Kier alpha value is -3.35. The van der Waals surface area contributed by atoms with E-state index in [1.165, 1.54) is 0 Å². The monoisotopic (exact) mass is 351 g/mol. The van der Waals surface area contributed by atoms with E-state index in [2.05, 4.69) is 20.7 Å². The van der Waals surface area contributed by atoms with Crippen LogP contribution in [0.25, 0.3) is 0 Å². The summed E-state index contributed by atoms with van der Waals surface area (Å²) < 4.78 is 7.03. The lowest BCUT2D eigenvalue weighted by molar-refractivity contribution is 0.240. The molecule has 0 fully saturated rings. The zero-order valence-electron chi connectivity index (χ0n) is 14.6. The molecule has 2 N–H and O–H groups in total. The van der Waals surface area contributed by atoms with E-state index >= 15 is 0 Å². The number of benzene rings is 1. The fourth-order valence-electron chi connectivity index (χ4n) is 2.51. The van der Waals surface area contributed by atoms with Gasteiger partial charge in [0.1, 0.15) is 0 Å². The molecule has 134 valence electrons. The van der Waals surface area contributed by atoms with Crippen LogP contribution in [0, 0.1) is 0 Å². The molecule has 7 heteroatoms. The molecule has 26 heavy (non-hydrogen) atoms. The second-order valence-corrected chi connectivity index (χ2v) is 5.73. The van der Waals surface area contributed by atoms with E-state index < -0.39 is 0 Å². The van der Waals surface area contributed by atoms with Gasteiger partial charge in [-0.3, -0.25) is 4.68 Å². The number of methoxy groups -OCH3 is 1. The van der Waals surface area contributed by atoms with Crippen LogP contribution in [0.15, 0.2) is 61.1 Å². The highest BCUT2D eigenvalue weighted by Gasteiger charge is 2.06. The van der Waals surface area contributed by atoms with Crippen LogP contribution in [-0.2, 0) is 19.6 Å². The molecule has 2 aromatic heterocycles. The van der Waals surface area contributed by atoms with E-state index in [0.29, 0.717) is 19.0 Å². The maximum Gasteiger partial charge on any atom is 0.315 e. The third-order valence-corrected chi connectivity index (χ3v) is 3.86. The minimum atomic E-state index is -0.239. The van der Waals surface area contributed by atoms with Gasteiger partial charge in [-0.1, -0.05) is 30.3 Å². The maximum absolute atomic E-state index is 12.0. The quantitative estimate of drug-likeness (QED) is 0.685. The van der Waals surface area contributed by atoms with Gasteiger partial charge in [0.25, 0.3) is 0 Å². The minimum absolute atomic E-state index is 0.239. The van der Waals surface area contributed by atoms with Crippen molar-refractivity contribution in [3.05, 3.63) is 77.7 Å². The van der Waals surface area contributed by atoms with Gasteiger partial charge in [-0.05, 0) is 23.3 Å². The first-order valence-corrected chi connectivity index (χ1v) is 8.29. The molecule has 3 aromatic rings. The average molecular weight is 351 g/mol. The van der Waals surface area contributed by atoms with Crippen LogP contribution < -0.4 is 15.4 Å². The largest absolute Gasteiger partial charge is 0.481 e. The lowest BCUT2D eigenvalue weighted by atomic mass is 10.1. The third-order valence-electron chi connectivity index (χ3n) is 3.86. The van der Waals surface area contributed by atoms with Crippen LogP contribution in [0.4, 0.5) is 4.79 Å². The Balaban J connectivity index is 1.45. The molecule has 0 aliphatic carbocycles. The SMILES string of the molecule is COc1ncccc1CNC(=O)NCc1ccc(Cn2cccn2)cc1. The van der Waals surface area contributed by atoms with Gasteiger partial charge in [-0.15, -0.1) is 0 Å². The van der Waals surface area contributed by atoms with Crippen LogP contribution >= 0.6 is 0 Å². The van der Waals surface area contributed by atoms with Crippen LogP contribution in [0.3, 0.4) is 0 Å². The van der Waals surface area contributed by atoms with E-state index in [-0.39, 0.29) is 6.03 Å². The summed E-state index contributed by atoms with van der Waals surface area (Å²) in [6.07, 6.45) is 5.34. The van der Waals surface area contributed by atoms with Crippen LogP contribution in [0.1, 0.15) is 16.7 Å². The predicted molar refractivity (Wildman–Crippen MR) is 97.6 cm³/mol. The van der Waals surface area contributed by atoms with Crippen molar-refractivity contribution in [2.45, 2.75) is 19.6 Å². The number of carbonyl (C=O) groups excluding carboxylic acids is 1. The number of hydrogen-bond acceptors (Lipinski definition) is 4. The van der Waals surface area contributed by atoms with E-state index in [0.717, 1.165) is 23.2 Å². The Morgan fingerprint density at radius 1 is 1.04 bits per heavy atom. The summed E-state index contributed by atoms with van der Waals surface area (Å²) in [4.78, 5) is 16.1. The van der Waals surface area contributed by atoms with Crippen molar-refractivity contribution < 1.29 is 9.53 Å². The zero-order valence-corrected chi connectivity index (χ0v) is 14.6. The lowest BCUT2D eigenvalue weighted by Crippen LogP contribution is -2.34. The molecule has 3 rings (SSSR count). The summed E-state index contributed by atoms with van der Waals surface area (Å²) in [5.41, 5.74) is 3.02. The number of rotatable bonds is 7. The Labute approximate surface area is 152 Å². The number of aromatic nitrogens is 3. The van der Waals surface area contributed by atoms with Crippen molar-refractivity contribution in [1.82, 2.24) is 25.4 Å². The fraction of sp³-hybridized carbons (Fsp3) is 0.211. The van der Waals surface area contributed by atoms with Crippen molar-refractivity contribution in [1.29, 1.82) is 0 Å². The van der Waals surface area contributed by atoms with Gasteiger partial charge < -0.3 is 15.4 Å². The van der Waals surface area contributed by atoms with Crippen molar-refractivity contribution in [2.75, 3.05) is 7.11 Å². The van der Waals surface area contributed by atoms with Gasteiger partial charge in [0.2, 0.25) is 5.88 Å². The molecule has 7 nitrogen and oxygen atoms in total. The first kappa shape index (κ1) is 17.5. The molecule has 0 saturated carbocycles. The normalized spacial score (nSPS) is 10.3. The highest BCUT2D eigenvalue weighted by molar-refractivity contribution is 5.73. The van der Waals surface area contributed by atoms with E-state index in [9.17, 15) is 4.79 Å². The first-order valence-electron chi connectivity index (χ1n) is 8.29. The molecule has 0 saturated heterocycles. The minimum Gasteiger partial charge on any atom is -0.481 e. The number of nitrogens with zero attached hydrogens (tertiary/aromatic N) is 3. The molecular formula is C19H21N5O2. The molecule has 0 atom stereocenters. The Morgan fingerprint density at radius 3 is 2.54 bits per heavy atom. The fourth-order valence-corrected chi connectivity index (χ4v) is 2.51. The van der Waals surface area contributed by atoms with E-state index in [4.69, 9.17) is 4.74 Å². The summed E-state index contributed by atoms with van der Waals surface area (Å²) in [5.74, 6) is 0.514. The van der Waals surface area contributed by atoms with Crippen LogP contribution in [0.5, 0.6) is 5.88 Å². The molecule has 2 amide bonds. The third kappa shape index (κ3) is 4.83. The van der Waals surface area contributed by atoms with E-state index in [1.807, 2.05) is 53.3 Å². The molecule has 0 spiro atoms.